The first-order chi connectivity index (χ1) is 10.1. The van der Waals surface area contributed by atoms with Crippen LogP contribution in [0.4, 0.5) is 4.79 Å². The van der Waals surface area contributed by atoms with Crippen molar-refractivity contribution in [1.29, 1.82) is 0 Å². The highest BCUT2D eigenvalue weighted by atomic mass is 79.9. The zero-order chi connectivity index (χ0) is 15.0. The summed E-state index contributed by atoms with van der Waals surface area (Å²) in [5.41, 5.74) is 0.618. The largest absolute Gasteiger partial charge is 0.336 e. The lowest BCUT2D eigenvalue weighted by molar-refractivity contribution is -0.126. The molecular weight excluding hydrogens is 356 g/mol. The highest BCUT2D eigenvalue weighted by Crippen LogP contribution is 2.27. The molecule has 1 aromatic rings. The molecule has 1 atom stereocenters. The van der Waals surface area contributed by atoms with E-state index in [4.69, 9.17) is 0 Å². The fraction of sp³-hybridized carbons (Fsp3) is 0.357. The Balaban J connectivity index is 1.69. The molecule has 2 fully saturated rings. The van der Waals surface area contributed by atoms with Crippen LogP contribution >= 0.6 is 27.7 Å². The number of halogens is 1. The molecule has 3 rings (SSSR count). The molecule has 21 heavy (non-hydrogen) atoms. The Morgan fingerprint density at radius 1 is 1.24 bits per heavy atom. The summed E-state index contributed by atoms with van der Waals surface area (Å²) >= 11 is 4.37. The first-order valence-electron chi connectivity index (χ1n) is 6.60. The number of benzene rings is 1. The molecule has 0 radical (unpaired) electrons. The van der Waals surface area contributed by atoms with Crippen molar-refractivity contribution in [3.05, 3.63) is 34.3 Å². The number of amides is 3. The van der Waals surface area contributed by atoms with Crippen molar-refractivity contribution < 1.29 is 14.4 Å². The molecule has 0 spiro atoms. The molecule has 2 heterocycles. The maximum Gasteiger partial charge on any atom is 0.289 e. The third-order valence-electron chi connectivity index (χ3n) is 3.69. The molecule has 0 aromatic heterocycles. The highest BCUT2D eigenvalue weighted by Gasteiger charge is 2.40. The monoisotopic (exact) mass is 368 g/mol. The van der Waals surface area contributed by atoms with Crippen molar-refractivity contribution in [3.63, 3.8) is 0 Å². The van der Waals surface area contributed by atoms with Crippen molar-refractivity contribution in [2.45, 2.75) is 12.5 Å². The molecule has 0 saturated carbocycles. The number of hydrogen-bond donors (Lipinski definition) is 0. The molecule has 110 valence electrons. The molecule has 1 unspecified atom stereocenters. The van der Waals surface area contributed by atoms with Crippen LogP contribution in [0.25, 0.3) is 0 Å². The van der Waals surface area contributed by atoms with E-state index in [0.29, 0.717) is 25.1 Å². The Labute approximate surface area is 134 Å². The minimum Gasteiger partial charge on any atom is -0.336 e. The average Bonchev–Trinajstić information content (AvgIpc) is 3.06. The van der Waals surface area contributed by atoms with Gasteiger partial charge in [-0.05, 0) is 30.7 Å². The third-order valence-corrected chi connectivity index (χ3v) is 5.06. The van der Waals surface area contributed by atoms with E-state index in [1.54, 1.807) is 17.0 Å². The van der Waals surface area contributed by atoms with E-state index < -0.39 is 0 Å². The topological polar surface area (TPSA) is 57.7 Å². The standard InChI is InChI=1S/C14H13BrN2O3S/c15-10-3-1-9(2-4-10)13(19)16-6-5-11(7-16)17-12(18)8-21-14(17)20/h1-4,11H,5-8H2. The summed E-state index contributed by atoms with van der Waals surface area (Å²) in [5, 5.41) is -0.192. The summed E-state index contributed by atoms with van der Waals surface area (Å²) in [5.74, 6) is 0.0143. The molecule has 2 aliphatic heterocycles. The maximum absolute atomic E-state index is 12.4. The molecule has 2 aliphatic rings. The number of hydrogen-bond acceptors (Lipinski definition) is 4. The zero-order valence-corrected chi connectivity index (χ0v) is 13.5. The highest BCUT2D eigenvalue weighted by molar-refractivity contribution is 9.10. The number of carbonyl (C=O) groups is 3. The summed E-state index contributed by atoms with van der Waals surface area (Å²) in [6, 6.07) is 7.00. The van der Waals surface area contributed by atoms with Gasteiger partial charge in [0.25, 0.3) is 11.1 Å². The minimum absolute atomic E-state index is 0.0586. The number of thioether (sulfide) groups is 1. The smallest absolute Gasteiger partial charge is 0.289 e. The SMILES string of the molecule is O=C(c1ccc(Br)cc1)N1CCC(N2C(=O)CSC2=O)C1. The number of rotatable bonds is 2. The van der Waals surface area contributed by atoms with Gasteiger partial charge in [0.2, 0.25) is 5.91 Å². The molecule has 0 bridgehead atoms. The van der Waals surface area contributed by atoms with Gasteiger partial charge in [0.1, 0.15) is 0 Å². The average molecular weight is 369 g/mol. The van der Waals surface area contributed by atoms with Crippen LogP contribution in [0, 0.1) is 0 Å². The van der Waals surface area contributed by atoms with Crippen molar-refractivity contribution >= 4 is 44.7 Å². The first kappa shape index (κ1) is 14.6. The van der Waals surface area contributed by atoms with Gasteiger partial charge in [-0.25, -0.2) is 0 Å². The van der Waals surface area contributed by atoms with Crippen molar-refractivity contribution in [2.24, 2.45) is 0 Å². The van der Waals surface area contributed by atoms with Crippen molar-refractivity contribution in [3.8, 4) is 0 Å². The second kappa shape index (κ2) is 5.81. The Morgan fingerprint density at radius 3 is 2.57 bits per heavy atom. The number of imide groups is 1. The van der Waals surface area contributed by atoms with E-state index in [1.807, 2.05) is 12.1 Å². The van der Waals surface area contributed by atoms with Crippen molar-refractivity contribution in [1.82, 2.24) is 9.80 Å². The molecule has 3 amide bonds. The second-order valence-electron chi connectivity index (χ2n) is 5.02. The molecule has 7 heteroatoms. The molecule has 2 saturated heterocycles. The molecule has 0 N–H and O–H groups in total. The summed E-state index contributed by atoms with van der Waals surface area (Å²) in [4.78, 5) is 38.9. The van der Waals surface area contributed by atoms with Crippen LogP contribution in [0.5, 0.6) is 0 Å². The Morgan fingerprint density at radius 2 is 1.95 bits per heavy atom. The molecule has 5 nitrogen and oxygen atoms in total. The van der Waals surface area contributed by atoms with E-state index in [1.165, 1.54) is 4.90 Å². The Kier molecular flexibility index (Phi) is 4.03. The van der Waals surface area contributed by atoms with Gasteiger partial charge in [-0.2, -0.15) is 0 Å². The summed E-state index contributed by atoms with van der Waals surface area (Å²) in [6.45, 7) is 0.994. The third kappa shape index (κ3) is 2.85. The van der Waals surface area contributed by atoms with Gasteiger partial charge >= 0.3 is 0 Å². The number of nitrogens with zero attached hydrogens (tertiary/aromatic N) is 2. The van der Waals surface area contributed by atoms with Gasteiger partial charge < -0.3 is 4.90 Å². The zero-order valence-electron chi connectivity index (χ0n) is 11.1. The molecule has 1 aromatic carbocycles. The summed E-state index contributed by atoms with van der Waals surface area (Å²) in [7, 11) is 0. The van der Waals surface area contributed by atoms with Crippen LogP contribution in [0.2, 0.25) is 0 Å². The Hall–Kier alpha value is -1.34. The fourth-order valence-corrected chi connectivity index (χ4v) is 3.67. The Bertz CT molecular complexity index is 589. The predicted molar refractivity (Wildman–Crippen MR) is 83.2 cm³/mol. The van der Waals surface area contributed by atoms with Crippen molar-refractivity contribution in [2.75, 3.05) is 18.8 Å². The van der Waals surface area contributed by atoms with Crippen LogP contribution < -0.4 is 0 Å². The van der Waals surface area contributed by atoms with E-state index in [9.17, 15) is 14.4 Å². The maximum atomic E-state index is 12.4. The first-order valence-corrected chi connectivity index (χ1v) is 8.38. The quantitative estimate of drug-likeness (QED) is 0.803. The summed E-state index contributed by atoms with van der Waals surface area (Å²) < 4.78 is 0.920. The van der Waals surface area contributed by atoms with Crippen LogP contribution in [0.3, 0.4) is 0 Å². The van der Waals surface area contributed by atoms with Gasteiger partial charge in [0.05, 0.1) is 11.8 Å². The van der Waals surface area contributed by atoms with E-state index in [2.05, 4.69) is 15.9 Å². The lowest BCUT2D eigenvalue weighted by Crippen LogP contribution is -2.41. The number of likely N-dealkylation sites (tertiary alicyclic amines) is 1. The van der Waals surface area contributed by atoms with Gasteiger partial charge in [-0.1, -0.05) is 27.7 Å². The van der Waals surface area contributed by atoms with E-state index in [0.717, 1.165) is 16.2 Å². The van der Waals surface area contributed by atoms with Crippen LogP contribution in [0.15, 0.2) is 28.7 Å². The summed E-state index contributed by atoms with van der Waals surface area (Å²) in [6.07, 6.45) is 0.653. The predicted octanol–water partition coefficient (Wildman–Crippen LogP) is 2.36. The van der Waals surface area contributed by atoms with Gasteiger partial charge in [-0.3, -0.25) is 19.3 Å². The van der Waals surface area contributed by atoms with Crippen LogP contribution in [-0.2, 0) is 4.79 Å². The molecular formula is C14H13BrN2O3S. The van der Waals surface area contributed by atoms with Gasteiger partial charge in [0.15, 0.2) is 0 Å². The second-order valence-corrected chi connectivity index (χ2v) is 6.86. The normalized spacial score (nSPS) is 22.2. The lowest BCUT2D eigenvalue weighted by atomic mass is 10.2. The van der Waals surface area contributed by atoms with Gasteiger partial charge in [0, 0.05) is 23.1 Å². The number of carbonyl (C=O) groups excluding carboxylic acids is 3. The van der Waals surface area contributed by atoms with E-state index in [-0.39, 0.29) is 28.8 Å². The van der Waals surface area contributed by atoms with Gasteiger partial charge in [-0.15, -0.1) is 0 Å². The van der Waals surface area contributed by atoms with E-state index >= 15 is 0 Å². The fourth-order valence-electron chi connectivity index (χ4n) is 2.63. The minimum atomic E-state index is -0.192. The van der Waals surface area contributed by atoms with Crippen LogP contribution in [0.1, 0.15) is 16.8 Å². The molecule has 0 aliphatic carbocycles. The lowest BCUT2D eigenvalue weighted by Gasteiger charge is -2.22. The van der Waals surface area contributed by atoms with Crippen LogP contribution in [-0.4, -0.2) is 51.7 Å².